The highest BCUT2D eigenvalue weighted by Gasteiger charge is 2.36. The molecular weight excluding hydrogens is 258 g/mol. The minimum Gasteiger partial charge on any atom is -0.366 e. The summed E-state index contributed by atoms with van der Waals surface area (Å²) in [5.41, 5.74) is 3.02. The van der Waals surface area contributed by atoms with Crippen LogP contribution in [0.15, 0.2) is 24.3 Å². The van der Waals surface area contributed by atoms with Crippen LogP contribution in [0.5, 0.6) is 0 Å². The highest BCUT2D eigenvalue weighted by molar-refractivity contribution is 5.31. The van der Waals surface area contributed by atoms with Crippen molar-refractivity contribution in [3.8, 4) is 0 Å². The van der Waals surface area contributed by atoms with Gasteiger partial charge in [-0.3, -0.25) is 0 Å². The fourth-order valence-electron chi connectivity index (χ4n) is 4.02. The second kappa shape index (κ2) is 6.93. The van der Waals surface area contributed by atoms with Gasteiger partial charge in [0.15, 0.2) is 0 Å². The topological polar surface area (TPSA) is 21.3 Å². The summed E-state index contributed by atoms with van der Waals surface area (Å²) in [5.74, 6) is 0. The number of aryl methyl sites for hydroxylation is 1. The second-order valence-corrected chi connectivity index (χ2v) is 6.72. The van der Waals surface area contributed by atoms with Crippen molar-refractivity contribution in [2.75, 3.05) is 13.1 Å². The van der Waals surface area contributed by atoms with Crippen LogP contribution in [0.25, 0.3) is 0 Å². The molecule has 2 aliphatic carbocycles. The minimum absolute atomic E-state index is 0.0728. The largest absolute Gasteiger partial charge is 0.366 e. The smallest absolute Gasteiger partial charge is 0.0835 e. The number of nitrogens with one attached hydrogen (secondary N) is 1. The zero-order chi connectivity index (χ0) is 14.5. The molecule has 0 amide bonds. The first-order valence-corrected chi connectivity index (χ1v) is 8.79. The average Bonchev–Trinajstić information content (AvgIpc) is 2.54. The standard InChI is InChI=1S/C19H29NO/c1-2-20-15-19(13-6-3-7-14-19)21-18-12-8-10-16-9-4-5-11-17(16)18/h4-5,9,11,18,20H,2-3,6-8,10,12-15H2,1H3. The molecule has 0 spiro atoms. The van der Waals surface area contributed by atoms with Crippen LogP contribution >= 0.6 is 0 Å². The number of hydrogen-bond donors (Lipinski definition) is 1. The number of ether oxygens (including phenoxy) is 1. The first-order valence-electron chi connectivity index (χ1n) is 8.79. The molecule has 21 heavy (non-hydrogen) atoms. The van der Waals surface area contributed by atoms with Gasteiger partial charge in [0, 0.05) is 6.54 Å². The van der Waals surface area contributed by atoms with Crippen molar-refractivity contribution in [2.45, 2.75) is 70.0 Å². The van der Waals surface area contributed by atoms with Gasteiger partial charge in [0.1, 0.15) is 0 Å². The van der Waals surface area contributed by atoms with Gasteiger partial charge in [0.25, 0.3) is 0 Å². The molecule has 116 valence electrons. The Hall–Kier alpha value is -0.860. The van der Waals surface area contributed by atoms with Gasteiger partial charge >= 0.3 is 0 Å². The molecule has 0 aliphatic heterocycles. The van der Waals surface area contributed by atoms with Gasteiger partial charge in [-0.1, -0.05) is 50.5 Å². The normalized spacial score (nSPS) is 24.5. The van der Waals surface area contributed by atoms with Crippen LogP contribution in [0.1, 0.15) is 69.1 Å². The summed E-state index contributed by atoms with van der Waals surface area (Å²) in [4.78, 5) is 0. The minimum atomic E-state index is 0.0728. The maximum atomic E-state index is 6.79. The van der Waals surface area contributed by atoms with Gasteiger partial charge in [0.05, 0.1) is 11.7 Å². The summed E-state index contributed by atoms with van der Waals surface area (Å²) in [5, 5.41) is 3.55. The maximum Gasteiger partial charge on any atom is 0.0835 e. The van der Waals surface area contributed by atoms with Crippen LogP contribution in [0.4, 0.5) is 0 Å². The monoisotopic (exact) mass is 287 g/mol. The molecule has 3 rings (SSSR count). The third-order valence-corrected chi connectivity index (χ3v) is 5.17. The maximum absolute atomic E-state index is 6.79. The Balaban J connectivity index is 1.76. The fraction of sp³-hybridized carbons (Fsp3) is 0.684. The Morgan fingerprint density at radius 2 is 1.95 bits per heavy atom. The quantitative estimate of drug-likeness (QED) is 0.867. The van der Waals surface area contributed by atoms with Crippen LogP contribution in [-0.4, -0.2) is 18.7 Å². The Morgan fingerprint density at radius 3 is 2.76 bits per heavy atom. The number of benzene rings is 1. The van der Waals surface area contributed by atoms with E-state index < -0.39 is 0 Å². The van der Waals surface area contributed by atoms with Gasteiger partial charge in [0.2, 0.25) is 0 Å². The van der Waals surface area contributed by atoms with Crippen molar-refractivity contribution >= 4 is 0 Å². The first-order chi connectivity index (χ1) is 10.3. The van der Waals surface area contributed by atoms with Crippen molar-refractivity contribution in [3.05, 3.63) is 35.4 Å². The van der Waals surface area contributed by atoms with E-state index in [1.165, 1.54) is 62.5 Å². The first kappa shape index (κ1) is 15.1. The third kappa shape index (κ3) is 3.49. The SMILES string of the molecule is CCNCC1(OC2CCCc3ccccc32)CCCCC1. The lowest BCUT2D eigenvalue weighted by Crippen LogP contribution is -2.45. The molecule has 0 saturated heterocycles. The molecular formula is C19H29NO. The zero-order valence-electron chi connectivity index (χ0n) is 13.4. The van der Waals surface area contributed by atoms with Crippen LogP contribution in [0, 0.1) is 0 Å². The predicted molar refractivity (Wildman–Crippen MR) is 87.6 cm³/mol. The molecule has 1 atom stereocenters. The predicted octanol–water partition coefficient (Wildman–Crippen LogP) is 4.39. The van der Waals surface area contributed by atoms with E-state index in [0.717, 1.165) is 13.1 Å². The van der Waals surface area contributed by atoms with E-state index in [9.17, 15) is 0 Å². The number of hydrogen-bond acceptors (Lipinski definition) is 2. The van der Waals surface area contributed by atoms with E-state index in [1.54, 1.807) is 0 Å². The van der Waals surface area contributed by atoms with Crippen molar-refractivity contribution in [2.24, 2.45) is 0 Å². The molecule has 0 aromatic heterocycles. The van der Waals surface area contributed by atoms with Crippen LogP contribution in [0.2, 0.25) is 0 Å². The Kier molecular flexibility index (Phi) is 4.97. The van der Waals surface area contributed by atoms with Gasteiger partial charge in [-0.15, -0.1) is 0 Å². The van der Waals surface area contributed by atoms with E-state index in [-0.39, 0.29) is 5.60 Å². The van der Waals surface area contributed by atoms with Crippen molar-refractivity contribution in [3.63, 3.8) is 0 Å². The molecule has 0 heterocycles. The molecule has 1 aromatic rings. The summed E-state index contributed by atoms with van der Waals surface area (Å²) in [6.07, 6.45) is 10.4. The third-order valence-electron chi connectivity index (χ3n) is 5.17. The molecule has 2 aliphatic rings. The molecule has 0 radical (unpaired) electrons. The summed E-state index contributed by atoms with van der Waals surface area (Å²) >= 11 is 0. The van der Waals surface area contributed by atoms with Crippen molar-refractivity contribution in [1.82, 2.24) is 5.32 Å². The van der Waals surface area contributed by atoms with Gasteiger partial charge in [-0.05, 0) is 49.8 Å². The van der Waals surface area contributed by atoms with Gasteiger partial charge < -0.3 is 10.1 Å². The number of rotatable bonds is 5. The highest BCUT2D eigenvalue weighted by Crippen LogP contribution is 2.40. The Bertz CT molecular complexity index is 451. The number of fused-ring (bicyclic) bond motifs is 1. The van der Waals surface area contributed by atoms with E-state index in [2.05, 4.69) is 36.5 Å². The average molecular weight is 287 g/mol. The van der Waals surface area contributed by atoms with Crippen molar-refractivity contribution in [1.29, 1.82) is 0 Å². The molecule has 2 nitrogen and oxygen atoms in total. The van der Waals surface area contributed by atoms with E-state index in [0.29, 0.717) is 6.10 Å². The lowest BCUT2D eigenvalue weighted by atomic mass is 9.83. The van der Waals surface area contributed by atoms with Gasteiger partial charge in [-0.25, -0.2) is 0 Å². The lowest BCUT2D eigenvalue weighted by Gasteiger charge is -2.42. The zero-order valence-corrected chi connectivity index (χ0v) is 13.4. The van der Waals surface area contributed by atoms with Crippen molar-refractivity contribution < 1.29 is 4.74 Å². The summed E-state index contributed by atoms with van der Waals surface area (Å²) in [6, 6.07) is 8.89. The van der Waals surface area contributed by atoms with E-state index in [1.807, 2.05) is 0 Å². The van der Waals surface area contributed by atoms with Crippen LogP contribution in [0.3, 0.4) is 0 Å². The van der Waals surface area contributed by atoms with Gasteiger partial charge in [-0.2, -0.15) is 0 Å². The molecule has 2 heteroatoms. The molecule has 0 bridgehead atoms. The summed E-state index contributed by atoms with van der Waals surface area (Å²) < 4.78 is 6.79. The molecule has 1 fully saturated rings. The van der Waals surface area contributed by atoms with E-state index >= 15 is 0 Å². The van der Waals surface area contributed by atoms with Crippen LogP contribution in [-0.2, 0) is 11.2 Å². The number of likely N-dealkylation sites (N-methyl/N-ethyl adjacent to an activating group) is 1. The molecule has 1 aromatic carbocycles. The second-order valence-electron chi connectivity index (χ2n) is 6.72. The highest BCUT2D eigenvalue weighted by atomic mass is 16.5. The summed E-state index contributed by atoms with van der Waals surface area (Å²) in [7, 11) is 0. The van der Waals surface area contributed by atoms with E-state index in [4.69, 9.17) is 4.74 Å². The molecule has 1 saturated carbocycles. The molecule has 1 unspecified atom stereocenters. The summed E-state index contributed by atoms with van der Waals surface area (Å²) in [6.45, 7) is 4.24. The lowest BCUT2D eigenvalue weighted by molar-refractivity contribution is -0.119. The Labute approximate surface area is 129 Å². The van der Waals surface area contributed by atoms with Crippen LogP contribution < -0.4 is 5.32 Å². The molecule has 1 N–H and O–H groups in total. The Morgan fingerprint density at radius 1 is 1.14 bits per heavy atom. The fourth-order valence-corrected chi connectivity index (χ4v) is 4.02.